The van der Waals surface area contributed by atoms with Gasteiger partial charge in [-0.1, -0.05) is 42.6 Å². The SMILES string of the molecule is CC(C)NC(=O)C1CN(C(=O)Cc2ccccc2Cl)CC12CCCC2. The van der Waals surface area contributed by atoms with Crippen LogP contribution in [-0.2, 0) is 16.0 Å². The van der Waals surface area contributed by atoms with Crippen molar-refractivity contribution in [2.75, 3.05) is 13.1 Å². The summed E-state index contributed by atoms with van der Waals surface area (Å²) in [5.74, 6) is 0.0803. The van der Waals surface area contributed by atoms with E-state index >= 15 is 0 Å². The molecule has 2 aliphatic rings. The van der Waals surface area contributed by atoms with Crippen molar-refractivity contribution in [1.82, 2.24) is 10.2 Å². The van der Waals surface area contributed by atoms with Crippen LogP contribution in [0.2, 0.25) is 5.02 Å². The van der Waals surface area contributed by atoms with E-state index in [0.717, 1.165) is 31.2 Å². The molecule has 1 aromatic carbocycles. The highest BCUT2D eigenvalue weighted by Gasteiger charge is 2.52. The minimum atomic E-state index is -0.0902. The predicted molar refractivity (Wildman–Crippen MR) is 99.4 cm³/mol. The third-order valence-electron chi connectivity index (χ3n) is 5.65. The molecule has 136 valence electrons. The van der Waals surface area contributed by atoms with Crippen LogP contribution in [0.15, 0.2) is 24.3 Å². The van der Waals surface area contributed by atoms with E-state index in [0.29, 0.717) is 24.5 Å². The zero-order valence-corrected chi connectivity index (χ0v) is 15.8. The Morgan fingerprint density at radius 3 is 2.60 bits per heavy atom. The first-order valence-electron chi connectivity index (χ1n) is 9.23. The van der Waals surface area contributed by atoms with Gasteiger partial charge in [0.25, 0.3) is 0 Å². The van der Waals surface area contributed by atoms with Crippen LogP contribution in [0.3, 0.4) is 0 Å². The molecule has 0 aromatic heterocycles. The van der Waals surface area contributed by atoms with Crippen LogP contribution in [0.5, 0.6) is 0 Å². The Balaban J connectivity index is 1.74. The summed E-state index contributed by atoms with van der Waals surface area (Å²) >= 11 is 6.20. The average molecular weight is 363 g/mol. The van der Waals surface area contributed by atoms with Crippen molar-refractivity contribution < 1.29 is 9.59 Å². The minimum Gasteiger partial charge on any atom is -0.354 e. The Bertz CT molecular complexity index is 653. The number of rotatable bonds is 4. The van der Waals surface area contributed by atoms with Gasteiger partial charge < -0.3 is 10.2 Å². The molecule has 5 heteroatoms. The Hall–Kier alpha value is -1.55. The molecule has 1 heterocycles. The van der Waals surface area contributed by atoms with E-state index in [9.17, 15) is 9.59 Å². The third kappa shape index (κ3) is 3.84. The monoisotopic (exact) mass is 362 g/mol. The van der Waals surface area contributed by atoms with Crippen LogP contribution in [0, 0.1) is 11.3 Å². The number of nitrogens with one attached hydrogen (secondary N) is 1. The average Bonchev–Trinajstić information content (AvgIpc) is 3.17. The zero-order valence-electron chi connectivity index (χ0n) is 15.1. The van der Waals surface area contributed by atoms with Crippen LogP contribution < -0.4 is 5.32 Å². The summed E-state index contributed by atoms with van der Waals surface area (Å²) in [5.41, 5.74) is 0.819. The standard InChI is InChI=1S/C20H27ClN2O2/c1-14(2)22-19(25)16-12-23(13-20(16)9-5-6-10-20)18(24)11-15-7-3-4-8-17(15)21/h3-4,7-8,14,16H,5-6,9-13H2,1-2H3,(H,22,25). The second-order valence-corrected chi connectivity index (χ2v) is 8.24. The topological polar surface area (TPSA) is 49.4 Å². The maximum atomic E-state index is 12.8. The van der Waals surface area contributed by atoms with Gasteiger partial charge in [-0.2, -0.15) is 0 Å². The maximum Gasteiger partial charge on any atom is 0.227 e. The van der Waals surface area contributed by atoms with Gasteiger partial charge in [0.1, 0.15) is 0 Å². The molecule has 1 saturated heterocycles. The number of hydrogen-bond donors (Lipinski definition) is 1. The number of nitrogens with zero attached hydrogens (tertiary/aromatic N) is 1. The molecule has 2 amide bonds. The summed E-state index contributed by atoms with van der Waals surface area (Å²) in [4.78, 5) is 27.4. The van der Waals surface area contributed by atoms with Gasteiger partial charge in [0, 0.05) is 29.6 Å². The fraction of sp³-hybridized carbons (Fsp3) is 0.600. The van der Waals surface area contributed by atoms with Gasteiger partial charge >= 0.3 is 0 Å². The predicted octanol–water partition coefficient (Wildman–Crippen LogP) is 3.43. The zero-order chi connectivity index (χ0) is 18.0. The molecule has 4 nitrogen and oxygen atoms in total. The fourth-order valence-electron chi connectivity index (χ4n) is 4.41. The summed E-state index contributed by atoms with van der Waals surface area (Å²) in [6, 6.07) is 7.59. The van der Waals surface area contributed by atoms with Gasteiger partial charge in [-0.05, 0) is 38.3 Å². The molecule has 2 fully saturated rings. The molecule has 1 aliphatic heterocycles. The van der Waals surface area contributed by atoms with Crippen molar-refractivity contribution in [3.8, 4) is 0 Å². The van der Waals surface area contributed by atoms with Gasteiger partial charge in [-0.3, -0.25) is 9.59 Å². The summed E-state index contributed by atoms with van der Waals surface area (Å²) in [6.07, 6.45) is 4.68. The summed E-state index contributed by atoms with van der Waals surface area (Å²) in [6.45, 7) is 5.19. The fourth-order valence-corrected chi connectivity index (χ4v) is 4.61. The van der Waals surface area contributed by atoms with Gasteiger partial charge in [-0.25, -0.2) is 0 Å². The molecule has 0 bridgehead atoms. The van der Waals surface area contributed by atoms with Crippen molar-refractivity contribution in [2.45, 2.75) is 52.0 Å². The van der Waals surface area contributed by atoms with Crippen LogP contribution in [0.25, 0.3) is 0 Å². The van der Waals surface area contributed by atoms with Crippen molar-refractivity contribution in [2.24, 2.45) is 11.3 Å². The highest BCUT2D eigenvalue weighted by atomic mass is 35.5. The van der Waals surface area contributed by atoms with E-state index in [1.807, 2.05) is 43.0 Å². The second-order valence-electron chi connectivity index (χ2n) is 7.83. The number of amides is 2. The number of benzene rings is 1. The lowest BCUT2D eigenvalue weighted by Crippen LogP contribution is -2.42. The van der Waals surface area contributed by atoms with E-state index in [1.165, 1.54) is 0 Å². The quantitative estimate of drug-likeness (QED) is 0.892. The van der Waals surface area contributed by atoms with E-state index in [2.05, 4.69) is 5.32 Å². The van der Waals surface area contributed by atoms with Gasteiger partial charge in [0.2, 0.25) is 11.8 Å². The van der Waals surface area contributed by atoms with Gasteiger partial charge in [0.15, 0.2) is 0 Å². The smallest absolute Gasteiger partial charge is 0.227 e. The van der Waals surface area contributed by atoms with E-state index < -0.39 is 0 Å². The molecule has 25 heavy (non-hydrogen) atoms. The van der Waals surface area contributed by atoms with Crippen LogP contribution in [0.4, 0.5) is 0 Å². The number of likely N-dealkylation sites (tertiary alicyclic amines) is 1. The van der Waals surface area contributed by atoms with Gasteiger partial charge in [-0.15, -0.1) is 0 Å². The molecule has 1 spiro atoms. The molecule has 3 rings (SSSR count). The first-order chi connectivity index (χ1) is 11.9. The molecule has 1 unspecified atom stereocenters. The highest BCUT2D eigenvalue weighted by molar-refractivity contribution is 6.31. The molecule has 0 radical (unpaired) electrons. The minimum absolute atomic E-state index is 0.0326. The number of carbonyl (C=O) groups is 2. The first kappa shape index (κ1) is 18.2. The molecular formula is C20H27ClN2O2. The number of hydrogen-bond acceptors (Lipinski definition) is 2. The summed E-state index contributed by atoms with van der Waals surface area (Å²) in [5, 5.41) is 3.68. The van der Waals surface area contributed by atoms with E-state index in [-0.39, 0.29) is 29.2 Å². The Kier molecular flexibility index (Phi) is 5.38. The lowest BCUT2D eigenvalue weighted by atomic mass is 9.76. The summed E-state index contributed by atoms with van der Waals surface area (Å²) < 4.78 is 0. The molecule has 1 saturated carbocycles. The van der Waals surface area contributed by atoms with Crippen molar-refractivity contribution in [3.63, 3.8) is 0 Å². The molecule has 1 aliphatic carbocycles. The maximum absolute atomic E-state index is 12.8. The van der Waals surface area contributed by atoms with Crippen molar-refractivity contribution in [1.29, 1.82) is 0 Å². The highest BCUT2D eigenvalue weighted by Crippen LogP contribution is 2.49. The second kappa shape index (κ2) is 7.36. The number of carbonyl (C=O) groups excluding carboxylic acids is 2. The Labute approximate surface area is 154 Å². The lowest BCUT2D eigenvalue weighted by Gasteiger charge is -2.29. The molecule has 1 aromatic rings. The normalized spacial score (nSPS) is 21.9. The molecule has 1 N–H and O–H groups in total. The van der Waals surface area contributed by atoms with Crippen LogP contribution >= 0.6 is 11.6 Å². The van der Waals surface area contributed by atoms with Crippen molar-refractivity contribution >= 4 is 23.4 Å². The summed E-state index contributed by atoms with van der Waals surface area (Å²) in [7, 11) is 0. The van der Waals surface area contributed by atoms with E-state index in [4.69, 9.17) is 11.6 Å². The largest absolute Gasteiger partial charge is 0.354 e. The Morgan fingerprint density at radius 1 is 1.28 bits per heavy atom. The first-order valence-corrected chi connectivity index (χ1v) is 9.61. The van der Waals surface area contributed by atoms with Gasteiger partial charge in [0.05, 0.1) is 12.3 Å². The lowest BCUT2D eigenvalue weighted by molar-refractivity contribution is -0.130. The van der Waals surface area contributed by atoms with Crippen molar-refractivity contribution in [3.05, 3.63) is 34.9 Å². The van der Waals surface area contributed by atoms with Crippen LogP contribution in [0.1, 0.15) is 45.1 Å². The molecular weight excluding hydrogens is 336 g/mol. The number of halogens is 1. The van der Waals surface area contributed by atoms with E-state index in [1.54, 1.807) is 0 Å². The molecule has 1 atom stereocenters. The third-order valence-corrected chi connectivity index (χ3v) is 6.02. The Morgan fingerprint density at radius 2 is 1.96 bits per heavy atom. The van der Waals surface area contributed by atoms with Crippen LogP contribution in [-0.4, -0.2) is 35.8 Å².